The van der Waals surface area contributed by atoms with E-state index in [0.29, 0.717) is 17.1 Å². The molecule has 0 fully saturated rings. The molecule has 2 nitrogen and oxygen atoms in total. The van der Waals surface area contributed by atoms with Gasteiger partial charge in [-0.2, -0.15) is 0 Å². The summed E-state index contributed by atoms with van der Waals surface area (Å²) < 4.78 is 19.2. The Kier molecular flexibility index (Phi) is 3.95. The van der Waals surface area contributed by atoms with Crippen molar-refractivity contribution in [1.29, 1.82) is 0 Å². The standard InChI is InChI=1S/C15H16FNO/c1-2-11-5-3-6-12(9-11)18-15-8-4-7-14(16)13(15)10-17/h3-9H,2,10,17H2,1H3. The lowest BCUT2D eigenvalue weighted by molar-refractivity contribution is 0.467. The monoisotopic (exact) mass is 245 g/mol. The van der Waals surface area contributed by atoms with E-state index >= 15 is 0 Å². The van der Waals surface area contributed by atoms with Crippen LogP contribution < -0.4 is 10.5 Å². The van der Waals surface area contributed by atoms with E-state index in [-0.39, 0.29) is 12.4 Å². The molecular weight excluding hydrogens is 229 g/mol. The summed E-state index contributed by atoms with van der Waals surface area (Å²) in [6, 6.07) is 12.5. The first-order valence-electron chi connectivity index (χ1n) is 5.99. The molecule has 0 aliphatic rings. The summed E-state index contributed by atoms with van der Waals surface area (Å²) in [5.74, 6) is 0.849. The Labute approximate surface area is 106 Å². The molecule has 0 radical (unpaired) electrons. The summed E-state index contributed by atoms with van der Waals surface area (Å²) in [6.45, 7) is 2.20. The highest BCUT2D eigenvalue weighted by atomic mass is 19.1. The molecule has 0 aromatic heterocycles. The maximum absolute atomic E-state index is 13.5. The summed E-state index contributed by atoms with van der Waals surface area (Å²) in [6.07, 6.45) is 0.935. The average molecular weight is 245 g/mol. The first kappa shape index (κ1) is 12.6. The van der Waals surface area contributed by atoms with Gasteiger partial charge in [0, 0.05) is 12.1 Å². The molecule has 3 heteroatoms. The molecule has 0 aliphatic heterocycles. The quantitative estimate of drug-likeness (QED) is 0.892. The molecule has 18 heavy (non-hydrogen) atoms. The van der Waals surface area contributed by atoms with E-state index < -0.39 is 0 Å². The number of rotatable bonds is 4. The van der Waals surface area contributed by atoms with Crippen LogP contribution in [0.15, 0.2) is 42.5 Å². The molecule has 0 spiro atoms. The zero-order chi connectivity index (χ0) is 13.0. The van der Waals surface area contributed by atoms with Crippen molar-refractivity contribution in [3.05, 3.63) is 59.4 Å². The molecule has 0 aliphatic carbocycles. The largest absolute Gasteiger partial charge is 0.457 e. The third-order valence-corrected chi connectivity index (χ3v) is 2.81. The molecule has 0 heterocycles. The Hall–Kier alpha value is -1.87. The van der Waals surface area contributed by atoms with Crippen molar-refractivity contribution in [3.63, 3.8) is 0 Å². The third kappa shape index (κ3) is 2.68. The molecule has 0 amide bonds. The number of aryl methyl sites for hydroxylation is 1. The molecule has 2 N–H and O–H groups in total. The fraction of sp³-hybridized carbons (Fsp3) is 0.200. The van der Waals surface area contributed by atoms with Crippen molar-refractivity contribution < 1.29 is 9.13 Å². The summed E-state index contributed by atoms with van der Waals surface area (Å²) in [5, 5.41) is 0. The SMILES string of the molecule is CCc1cccc(Oc2cccc(F)c2CN)c1. The molecule has 94 valence electrons. The number of hydrogen-bond acceptors (Lipinski definition) is 2. The second-order valence-electron chi connectivity index (χ2n) is 4.02. The molecule has 0 bridgehead atoms. The fourth-order valence-electron chi connectivity index (χ4n) is 1.79. The van der Waals surface area contributed by atoms with E-state index in [9.17, 15) is 4.39 Å². The molecular formula is C15H16FNO. The normalized spacial score (nSPS) is 10.4. The number of nitrogens with two attached hydrogens (primary N) is 1. The lowest BCUT2D eigenvalue weighted by Crippen LogP contribution is -2.02. The molecule has 2 aromatic rings. The molecule has 0 saturated carbocycles. The van der Waals surface area contributed by atoms with Gasteiger partial charge in [0.2, 0.25) is 0 Å². The number of hydrogen-bond donors (Lipinski definition) is 1. The number of benzene rings is 2. The van der Waals surface area contributed by atoms with Gasteiger partial charge in [0.15, 0.2) is 0 Å². The van der Waals surface area contributed by atoms with Crippen LogP contribution in [0.1, 0.15) is 18.1 Å². The van der Waals surface area contributed by atoms with E-state index in [1.165, 1.54) is 11.6 Å². The second kappa shape index (κ2) is 5.65. The van der Waals surface area contributed by atoms with Crippen molar-refractivity contribution in [3.8, 4) is 11.5 Å². The van der Waals surface area contributed by atoms with Crippen LogP contribution in [0.25, 0.3) is 0 Å². The summed E-state index contributed by atoms with van der Waals surface area (Å²) in [7, 11) is 0. The Morgan fingerprint density at radius 3 is 2.67 bits per heavy atom. The van der Waals surface area contributed by atoms with Gasteiger partial charge in [-0.25, -0.2) is 4.39 Å². The van der Waals surface area contributed by atoms with E-state index in [4.69, 9.17) is 10.5 Å². The van der Waals surface area contributed by atoms with Crippen molar-refractivity contribution in [1.82, 2.24) is 0 Å². The molecule has 0 saturated heterocycles. The summed E-state index contributed by atoms with van der Waals surface area (Å²) in [5.41, 5.74) is 7.12. The van der Waals surface area contributed by atoms with Crippen LogP contribution in [-0.2, 0) is 13.0 Å². The van der Waals surface area contributed by atoms with Gasteiger partial charge in [-0.05, 0) is 36.2 Å². The van der Waals surface area contributed by atoms with Gasteiger partial charge in [-0.3, -0.25) is 0 Å². The van der Waals surface area contributed by atoms with Gasteiger partial charge < -0.3 is 10.5 Å². The minimum atomic E-state index is -0.332. The lowest BCUT2D eigenvalue weighted by Gasteiger charge is -2.11. The molecule has 0 unspecified atom stereocenters. The van der Waals surface area contributed by atoms with Gasteiger partial charge in [-0.1, -0.05) is 25.1 Å². The first-order chi connectivity index (χ1) is 8.74. The first-order valence-corrected chi connectivity index (χ1v) is 5.99. The zero-order valence-corrected chi connectivity index (χ0v) is 10.3. The van der Waals surface area contributed by atoms with Crippen LogP contribution in [0.5, 0.6) is 11.5 Å². The van der Waals surface area contributed by atoms with Crippen LogP contribution >= 0.6 is 0 Å². The Bertz CT molecular complexity index is 540. The summed E-state index contributed by atoms with van der Waals surface area (Å²) in [4.78, 5) is 0. The highest BCUT2D eigenvalue weighted by Crippen LogP contribution is 2.27. The molecule has 2 rings (SSSR count). The minimum absolute atomic E-state index is 0.121. The van der Waals surface area contributed by atoms with E-state index in [1.54, 1.807) is 12.1 Å². The predicted octanol–water partition coefficient (Wildman–Crippen LogP) is 3.64. The topological polar surface area (TPSA) is 35.2 Å². The highest BCUT2D eigenvalue weighted by Gasteiger charge is 2.08. The van der Waals surface area contributed by atoms with Crippen LogP contribution in [0.2, 0.25) is 0 Å². The van der Waals surface area contributed by atoms with Gasteiger partial charge in [0.25, 0.3) is 0 Å². The van der Waals surface area contributed by atoms with Crippen LogP contribution in [0.4, 0.5) is 4.39 Å². The Morgan fingerprint density at radius 2 is 1.94 bits per heavy atom. The maximum atomic E-state index is 13.5. The minimum Gasteiger partial charge on any atom is -0.457 e. The van der Waals surface area contributed by atoms with Crippen molar-refractivity contribution >= 4 is 0 Å². The van der Waals surface area contributed by atoms with Crippen molar-refractivity contribution in [2.45, 2.75) is 19.9 Å². The maximum Gasteiger partial charge on any atom is 0.134 e. The summed E-state index contributed by atoms with van der Waals surface area (Å²) >= 11 is 0. The second-order valence-corrected chi connectivity index (χ2v) is 4.02. The Morgan fingerprint density at radius 1 is 1.17 bits per heavy atom. The van der Waals surface area contributed by atoms with Crippen molar-refractivity contribution in [2.75, 3.05) is 0 Å². The third-order valence-electron chi connectivity index (χ3n) is 2.81. The average Bonchev–Trinajstić information content (AvgIpc) is 2.39. The molecule has 2 aromatic carbocycles. The number of ether oxygens (including phenoxy) is 1. The zero-order valence-electron chi connectivity index (χ0n) is 10.3. The van der Waals surface area contributed by atoms with Crippen LogP contribution in [0.3, 0.4) is 0 Å². The smallest absolute Gasteiger partial charge is 0.134 e. The predicted molar refractivity (Wildman–Crippen MR) is 70.2 cm³/mol. The van der Waals surface area contributed by atoms with Gasteiger partial charge in [-0.15, -0.1) is 0 Å². The Balaban J connectivity index is 2.30. The lowest BCUT2D eigenvalue weighted by atomic mass is 10.1. The van der Waals surface area contributed by atoms with Crippen LogP contribution in [0, 0.1) is 5.82 Å². The van der Waals surface area contributed by atoms with Crippen molar-refractivity contribution in [2.24, 2.45) is 5.73 Å². The highest BCUT2D eigenvalue weighted by molar-refractivity contribution is 5.39. The van der Waals surface area contributed by atoms with Gasteiger partial charge in [0.05, 0.1) is 0 Å². The van der Waals surface area contributed by atoms with E-state index in [2.05, 4.69) is 6.92 Å². The van der Waals surface area contributed by atoms with Gasteiger partial charge in [0.1, 0.15) is 17.3 Å². The fourth-order valence-corrected chi connectivity index (χ4v) is 1.79. The van der Waals surface area contributed by atoms with Crippen LogP contribution in [-0.4, -0.2) is 0 Å². The van der Waals surface area contributed by atoms with Gasteiger partial charge >= 0.3 is 0 Å². The molecule has 0 atom stereocenters. The van der Waals surface area contributed by atoms with E-state index in [0.717, 1.165) is 6.42 Å². The number of halogens is 1. The van der Waals surface area contributed by atoms with E-state index in [1.807, 2.05) is 24.3 Å².